The van der Waals surface area contributed by atoms with Crippen molar-refractivity contribution in [2.75, 3.05) is 72.6 Å². The number of H-pyrrole nitrogens is 1. The van der Waals surface area contributed by atoms with E-state index in [9.17, 15) is 14.7 Å². The molecule has 2 aliphatic rings. The van der Waals surface area contributed by atoms with Gasteiger partial charge >= 0.3 is 5.69 Å². The van der Waals surface area contributed by atoms with Crippen molar-refractivity contribution in [1.29, 1.82) is 0 Å². The van der Waals surface area contributed by atoms with Crippen LogP contribution in [0.5, 0.6) is 5.75 Å². The number of hydrogen-bond donors (Lipinski definition) is 2. The minimum absolute atomic E-state index is 0.0974. The molecular formula is C35H49N5O9S. The van der Waals surface area contributed by atoms with Gasteiger partial charge in [-0.15, -0.1) is 0 Å². The highest BCUT2D eigenvalue weighted by Gasteiger charge is 2.25. The fourth-order valence-electron chi connectivity index (χ4n) is 5.87. The first-order valence-corrected chi connectivity index (χ1v) is 17.5. The topological polar surface area (TPSA) is 144 Å². The van der Waals surface area contributed by atoms with Gasteiger partial charge in [-0.3, -0.25) is 18.8 Å². The number of ether oxygens (including phenoxy) is 6. The van der Waals surface area contributed by atoms with E-state index < -0.39 is 23.6 Å². The number of rotatable bonds is 20. The lowest BCUT2D eigenvalue weighted by molar-refractivity contribution is -0.0118. The number of aromatic amines is 1. The van der Waals surface area contributed by atoms with Crippen molar-refractivity contribution < 1.29 is 33.5 Å². The quantitative estimate of drug-likeness (QED) is 0.101. The van der Waals surface area contributed by atoms with Gasteiger partial charge in [0.15, 0.2) is 11.0 Å². The lowest BCUT2D eigenvalue weighted by atomic mass is 10.1. The fraction of sp³-hybridized carbons (Fsp3) is 0.571. The lowest BCUT2D eigenvalue weighted by Crippen LogP contribution is -2.41. The van der Waals surface area contributed by atoms with Crippen LogP contribution < -0.4 is 16.0 Å². The molecule has 0 fully saturated rings. The molecule has 0 unspecified atom stereocenters. The van der Waals surface area contributed by atoms with E-state index in [1.165, 1.54) is 22.4 Å². The van der Waals surface area contributed by atoms with E-state index in [2.05, 4.69) is 41.3 Å². The highest BCUT2D eigenvalue weighted by Crippen LogP contribution is 2.33. The minimum Gasteiger partial charge on any atom is -0.491 e. The van der Waals surface area contributed by atoms with Gasteiger partial charge in [0.2, 0.25) is 0 Å². The number of benzene rings is 1. The molecular weight excluding hydrogens is 666 g/mol. The van der Waals surface area contributed by atoms with Crippen LogP contribution in [0, 0.1) is 4.77 Å². The number of allylic oxidation sites excluding steroid dienone is 1. The van der Waals surface area contributed by atoms with Crippen molar-refractivity contribution in [2.24, 2.45) is 0 Å². The van der Waals surface area contributed by atoms with Crippen molar-refractivity contribution in [3.63, 3.8) is 0 Å². The van der Waals surface area contributed by atoms with Crippen molar-refractivity contribution in [1.82, 2.24) is 23.6 Å². The van der Waals surface area contributed by atoms with Crippen molar-refractivity contribution in [3.8, 4) is 5.75 Å². The molecule has 3 aromatic rings. The zero-order valence-corrected chi connectivity index (χ0v) is 29.9. The van der Waals surface area contributed by atoms with E-state index in [4.69, 9.17) is 40.6 Å². The molecule has 0 aliphatic carbocycles. The summed E-state index contributed by atoms with van der Waals surface area (Å²) >= 11 is 5.66. The molecule has 50 heavy (non-hydrogen) atoms. The Kier molecular flexibility index (Phi) is 14.2. The van der Waals surface area contributed by atoms with Crippen LogP contribution in [0.2, 0.25) is 0 Å². The molecule has 2 aliphatic heterocycles. The van der Waals surface area contributed by atoms with Gasteiger partial charge in [-0.2, -0.15) is 0 Å². The molecule has 0 amide bonds. The Bertz CT molecular complexity index is 1790. The summed E-state index contributed by atoms with van der Waals surface area (Å²) in [5, 5.41) is 9.24. The van der Waals surface area contributed by atoms with Crippen LogP contribution in [0.25, 0.3) is 11.0 Å². The molecule has 2 aromatic heterocycles. The van der Waals surface area contributed by atoms with Crippen LogP contribution in [-0.4, -0.2) is 113 Å². The Hall–Kier alpha value is -3.41. The van der Waals surface area contributed by atoms with E-state index in [0.29, 0.717) is 58.9 Å². The van der Waals surface area contributed by atoms with Crippen molar-refractivity contribution in [3.05, 3.63) is 79.4 Å². The van der Waals surface area contributed by atoms with Crippen molar-refractivity contribution in [2.45, 2.75) is 58.8 Å². The second-order valence-electron chi connectivity index (χ2n) is 12.5. The molecule has 274 valence electrons. The number of hydrogen-bond acceptors (Lipinski definition) is 11. The number of aromatic nitrogens is 4. The van der Waals surface area contributed by atoms with E-state index >= 15 is 0 Å². The van der Waals surface area contributed by atoms with E-state index in [-0.39, 0.29) is 19.8 Å². The molecule has 0 radical (unpaired) electrons. The van der Waals surface area contributed by atoms with Gasteiger partial charge in [0.25, 0.3) is 5.56 Å². The number of nitrogens with zero attached hydrogens (tertiary/aromatic N) is 4. The Morgan fingerprint density at radius 2 is 1.66 bits per heavy atom. The van der Waals surface area contributed by atoms with Crippen LogP contribution >= 0.6 is 12.2 Å². The number of imidazole rings is 1. The summed E-state index contributed by atoms with van der Waals surface area (Å²) in [7, 11) is 0. The maximum absolute atomic E-state index is 12.8. The van der Waals surface area contributed by atoms with Crippen LogP contribution in [0.15, 0.2) is 57.8 Å². The van der Waals surface area contributed by atoms with Gasteiger partial charge in [0.05, 0.1) is 77.0 Å². The van der Waals surface area contributed by atoms with E-state index in [1.54, 1.807) is 12.2 Å². The zero-order valence-electron chi connectivity index (χ0n) is 29.1. The van der Waals surface area contributed by atoms with Gasteiger partial charge < -0.3 is 43.1 Å². The van der Waals surface area contributed by atoms with Gasteiger partial charge in [-0.05, 0) is 51.2 Å². The summed E-state index contributed by atoms with van der Waals surface area (Å²) in [6.45, 7) is 12.2. The second kappa shape index (κ2) is 18.7. The smallest absolute Gasteiger partial charge is 0.333 e. The average molecular weight is 716 g/mol. The Labute approximate surface area is 296 Å². The van der Waals surface area contributed by atoms with Crippen molar-refractivity contribution >= 4 is 23.3 Å². The molecule has 3 atom stereocenters. The van der Waals surface area contributed by atoms with Crippen LogP contribution in [0.1, 0.15) is 32.6 Å². The Morgan fingerprint density at radius 3 is 2.32 bits per heavy atom. The van der Waals surface area contributed by atoms with Gasteiger partial charge in [-0.25, -0.2) is 4.79 Å². The largest absolute Gasteiger partial charge is 0.491 e. The number of aliphatic hydroxyl groups excluding tert-OH is 1. The van der Waals surface area contributed by atoms with Crippen LogP contribution in [-0.2, 0) is 43.3 Å². The lowest BCUT2D eigenvalue weighted by Gasteiger charge is -2.26. The Balaban J connectivity index is 0.927. The number of nitrogens with one attached hydrogen (secondary N) is 1. The first-order valence-electron chi connectivity index (χ1n) is 17.1. The third kappa shape index (κ3) is 9.88. The third-order valence-electron chi connectivity index (χ3n) is 8.58. The summed E-state index contributed by atoms with van der Waals surface area (Å²) in [6.07, 6.45) is 5.87. The normalized spacial score (nSPS) is 18.9. The van der Waals surface area contributed by atoms with E-state index in [1.807, 2.05) is 12.1 Å². The summed E-state index contributed by atoms with van der Waals surface area (Å²) in [6, 6.07) is 5.67. The molecule has 15 heteroatoms. The molecule has 4 heterocycles. The predicted octanol–water partition coefficient (Wildman–Crippen LogP) is 2.78. The maximum Gasteiger partial charge on any atom is 0.333 e. The van der Waals surface area contributed by atoms with Gasteiger partial charge in [0, 0.05) is 43.5 Å². The Morgan fingerprint density at radius 1 is 0.980 bits per heavy atom. The summed E-state index contributed by atoms with van der Waals surface area (Å²) < 4.78 is 39.5. The minimum atomic E-state index is -0.667. The standard InChI is InChI=1S/C35H49N5O9S/c1-25(2)8-10-37-23-28-30(6-5-29-33(28)40(22-26(37)3)34(50)36-29)48-21-20-47-19-18-46-17-16-45-15-14-44-13-12-38-31(42)9-11-39(35(38)43)32-7-4-27(24-41)49-32/h4-9,11,26-27,32,41H,10,12-24H2,1-3H3,(H,36,50)/t26-,27-,32+/m0/s1. The van der Waals surface area contributed by atoms with Gasteiger partial charge in [-0.1, -0.05) is 17.7 Å². The molecule has 0 saturated carbocycles. The van der Waals surface area contributed by atoms with Crippen LogP contribution in [0.4, 0.5) is 0 Å². The molecule has 2 N–H and O–H groups in total. The van der Waals surface area contributed by atoms with Crippen LogP contribution in [0.3, 0.4) is 0 Å². The predicted molar refractivity (Wildman–Crippen MR) is 190 cm³/mol. The second-order valence-corrected chi connectivity index (χ2v) is 12.9. The molecule has 5 rings (SSSR count). The highest BCUT2D eigenvalue weighted by molar-refractivity contribution is 7.71. The SMILES string of the molecule is CC(C)=CCN1Cc2c(OCCOCCOCCOCCOCCn3c(=O)ccn([C@H]4C=C[C@@H](CO)O4)c3=O)ccc3[nH]c(=S)n(c23)C[C@@H]1C. The molecule has 0 spiro atoms. The fourth-order valence-corrected chi connectivity index (χ4v) is 6.14. The molecule has 0 bridgehead atoms. The first kappa shape index (κ1) is 37.8. The maximum atomic E-state index is 12.8. The summed E-state index contributed by atoms with van der Waals surface area (Å²) in [4.78, 5) is 30.8. The summed E-state index contributed by atoms with van der Waals surface area (Å²) in [5.41, 5.74) is 3.65. The number of aliphatic hydroxyl groups is 1. The summed E-state index contributed by atoms with van der Waals surface area (Å²) in [5.74, 6) is 0.847. The van der Waals surface area contributed by atoms with E-state index in [0.717, 1.165) is 51.3 Å². The third-order valence-corrected chi connectivity index (χ3v) is 8.90. The first-order chi connectivity index (χ1) is 24.3. The molecule has 1 aromatic carbocycles. The average Bonchev–Trinajstić information content (AvgIpc) is 3.66. The highest BCUT2D eigenvalue weighted by atomic mass is 32.1. The van der Waals surface area contributed by atoms with Gasteiger partial charge in [0.1, 0.15) is 18.5 Å². The molecule has 0 saturated heterocycles. The monoisotopic (exact) mass is 715 g/mol. The zero-order chi connectivity index (χ0) is 35.5. The molecule has 14 nitrogen and oxygen atoms in total.